The van der Waals surface area contributed by atoms with E-state index in [0.29, 0.717) is 11.3 Å². The van der Waals surface area contributed by atoms with E-state index >= 15 is 0 Å². The molecule has 5 aromatic rings. The summed E-state index contributed by atoms with van der Waals surface area (Å²) in [6, 6.07) is 12.9. The molecule has 9 nitrogen and oxygen atoms in total. The SMILES string of the molecule is Cn1cnc2c1c(=O)n(CC(=O)Nc1ccc3oc4ccccc4c3c1)c(=O)n2C. The average Bonchev–Trinajstić information content (AvgIpc) is 3.30. The van der Waals surface area contributed by atoms with Crippen LogP contribution in [0.25, 0.3) is 33.1 Å². The molecule has 0 aliphatic carbocycles. The Labute approximate surface area is 168 Å². The fourth-order valence-corrected chi connectivity index (χ4v) is 3.68. The summed E-state index contributed by atoms with van der Waals surface area (Å²) in [4.78, 5) is 42.0. The van der Waals surface area contributed by atoms with Crippen molar-refractivity contribution >= 4 is 44.7 Å². The Morgan fingerprint density at radius 2 is 1.83 bits per heavy atom. The van der Waals surface area contributed by atoms with Crippen molar-refractivity contribution in [3.63, 3.8) is 0 Å². The summed E-state index contributed by atoms with van der Waals surface area (Å²) in [5, 5.41) is 4.57. The van der Waals surface area contributed by atoms with Gasteiger partial charge in [-0.1, -0.05) is 18.2 Å². The van der Waals surface area contributed by atoms with Crippen LogP contribution in [0, 0.1) is 0 Å². The van der Waals surface area contributed by atoms with E-state index in [9.17, 15) is 14.4 Å². The number of furan rings is 1. The fourth-order valence-electron chi connectivity index (χ4n) is 3.68. The number of fused-ring (bicyclic) bond motifs is 4. The minimum absolute atomic E-state index is 0.260. The maximum atomic E-state index is 12.8. The third kappa shape index (κ3) is 2.63. The Morgan fingerprint density at radius 1 is 1.07 bits per heavy atom. The number of nitrogens with one attached hydrogen (secondary N) is 1. The lowest BCUT2D eigenvalue weighted by atomic mass is 10.1. The molecule has 5 rings (SSSR count). The molecule has 1 N–H and O–H groups in total. The predicted octanol–water partition coefficient (Wildman–Crippen LogP) is 1.97. The highest BCUT2D eigenvalue weighted by Gasteiger charge is 2.17. The summed E-state index contributed by atoms with van der Waals surface area (Å²) >= 11 is 0. The molecular formula is C21H17N5O4. The van der Waals surface area contributed by atoms with E-state index in [1.54, 1.807) is 19.2 Å². The van der Waals surface area contributed by atoms with Crippen LogP contribution in [-0.2, 0) is 25.4 Å². The summed E-state index contributed by atoms with van der Waals surface area (Å²) in [5.74, 6) is -0.483. The molecule has 0 fully saturated rings. The zero-order chi connectivity index (χ0) is 21.0. The first-order valence-corrected chi connectivity index (χ1v) is 9.26. The Morgan fingerprint density at radius 3 is 2.67 bits per heavy atom. The number of imidazole rings is 1. The minimum Gasteiger partial charge on any atom is -0.456 e. The van der Waals surface area contributed by atoms with Crippen LogP contribution in [0.5, 0.6) is 0 Å². The van der Waals surface area contributed by atoms with Gasteiger partial charge in [-0.25, -0.2) is 14.3 Å². The van der Waals surface area contributed by atoms with Crippen LogP contribution >= 0.6 is 0 Å². The van der Waals surface area contributed by atoms with Gasteiger partial charge >= 0.3 is 5.69 Å². The predicted molar refractivity (Wildman–Crippen MR) is 113 cm³/mol. The van der Waals surface area contributed by atoms with E-state index in [2.05, 4.69) is 10.3 Å². The highest BCUT2D eigenvalue weighted by atomic mass is 16.3. The molecule has 3 aromatic heterocycles. The van der Waals surface area contributed by atoms with Gasteiger partial charge in [0.2, 0.25) is 5.91 Å². The second-order valence-corrected chi connectivity index (χ2v) is 7.12. The van der Waals surface area contributed by atoms with E-state index < -0.39 is 23.7 Å². The van der Waals surface area contributed by atoms with E-state index in [1.165, 1.54) is 22.5 Å². The molecule has 0 saturated carbocycles. The third-order valence-electron chi connectivity index (χ3n) is 5.16. The quantitative estimate of drug-likeness (QED) is 0.496. The third-order valence-corrected chi connectivity index (χ3v) is 5.16. The van der Waals surface area contributed by atoms with Gasteiger partial charge < -0.3 is 14.3 Å². The van der Waals surface area contributed by atoms with Gasteiger partial charge in [0.15, 0.2) is 11.2 Å². The van der Waals surface area contributed by atoms with Crippen LogP contribution in [0.3, 0.4) is 0 Å². The van der Waals surface area contributed by atoms with Gasteiger partial charge in [-0.15, -0.1) is 0 Å². The van der Waals surface area contributed by atoms with Crippen molar-refractivity contribution in [2.24, 2.45) is 14.1 Å². The summed E-state index contributed by atoms with van der Waals surface area (Å²) in [6.07, 6.45) is 1.46. The molecule has 0 radical (unpaired) electrons. The fraction of sp³-hybridized carbons (Fsp3) is 0.143. The molecule has 0 spiro atoms. The van der Waals surface area contributed by atoms with Gasteiger partial charge in [-0.3, -0.25) is 14.2 Å². The number of nitrogens with zero attached hydrogens (tertiary/aromatic N) is 4. The molecule has 9 heteroatoms. The molecule has 0 aliphatic rings. The number of anilines is 1. The number of aromatic nitrogens is 4. The lowest BCUT2D eigenvalue weighted by molar-refractivity contribution is -0.116. The Bertz CT molecular complexity index is 1580. The molecular weight excluding hydrogens is 386 g/mol. The number of hydrogen-bond acceptors (Lipinski definition) is 5. The van der Waals surface area contributed by atoms with Crippen molar-refractivity contribution < 1.29 is 9.21 Å². The molecule has 150 valence electrons. The second-order valence-electron chi connectivity index (χ2n) is 7.12. The van der Waals surface area contributed by atoms with Crippen molar-refractivity contribution in [2.45, 2.75) is 6.54 Å². The largest absolute Gasteiger partial charge is 0.456 e. The number of para-hydroxylation sites is 1. The van der Waals surface area contributed by atoms with Crippen LogP contribution in [0.1, 0.15) is 0 Å². The van der Waals surface area contributed by atoms with Crippen molar-refractivity contribution in [2.75, 3.05) is 5.32 Å². The number of amides is 1. The minimum atomic E-state index is -0.599. The maximum Gasteiger partial charge on any atom is 0.332 e. The van der Waals surface area contributed by atoms with Crippen molar-refractivity contribution in [1.82, 2.24) is 18.7 Å². The van der Waals surface area contributed by atoms with Gasteiger partial charge in [0.1, 0.15) is 17.7 Å². The number of aryl methyl sites for hydroxylation is 2. The van der Waals surface area contributed by atoms with Crippen molar-refractivity contribution in [1.29, 1.82) is 0 Å². The van der Waals surface area contributed by atoms with Crippen LogP contribution in [-0.4, -0.2) is 24.6 Å². The standard InChI is InChI=1S/C21H17N5O4/c1-24-11-22-19-18(24)20(28)26(21(29)25(19)2)10-17(27)23-12-7-8-16-14(9-12)13-5-3-4-6-15(13)30-16/h3-9,11H,10H2,1-2H3,(H,23,27). The van der Waals surface area contributed by atoms with Gasteiger partial charge in [0.05, 0.1) is 6.33 Å². The number of hydrogen-bond donors (Lipinski definition) is 1. The van der Waals surface area contributed by atoms with Crippen LogP contribution in [0.4, 0.5) is 5.69 Å². The number of carbonyl (C=O) groups is 1. The normalized spacial score (nSPS) is 11.5. The summed E-state index contributed by atoms with van der Waals surface area (Å²) in [5.41, 5.74) is 1.40. The number of carbonyl (C=O) groups excluding carboxylic acids is 1. The summed E-state index contributed by atoms with van der Waals surface area (Å²) in [7, 11) is 3.18. The van der Waals surface area contributed by atoms with Crippen molar-refractivity contribution in [3.8, 4) is 0 Å². The highest BCUT2D eigenvalue weighted by molar-refractivity contribution is 6.06. The summed E-state index contributed by atoms with van der Waals surface area (Å²) in [6.45, 7) is -0.406. The van der Waals surface area contributed by atoms with Crippen LogP contribution < -0.4 is 16.6 Å². The average molecular weight is 403 g/mol. The topological polar surface area (TPSA) is 104 Å². The van der Waals surface area contributed by atoms with Gasteiger partial charge in [0.25, 0.3) is 5.56 Å². The van der Waals surface area contributed by atoms with Gasteiger partial charge in [0, 0.05) is 30.6 Å². The molecule has 3 heterocycles. The van der Waals surface area contributed by atoms with Crippen molar-refractivity contribution in [3.05, 3.63) is 69.6 Å². The zero-order valence-electron chi connectivity index (χ0n) is 16.2. The molecule has 0 aliphatic heterocycles. The molecule has 0 atom stereocenters. The highest BCUT2D eigenvalue weighted by Crippen LogP contribution is 2.30. The molecule has 0 bridgehead atoms. The Hall–Kier alpha value is -4.14. The molecule has 0 saturated heterocycles. The van der Waals surface area contributed by atoms with E-state index in [0.717, 1.165) is 20.9 Å². The Balaban J connectivity index is 1.49. The van der Waals surface area contributed by atoms with E-state index in [4.69, 9.17) is 4.42 Å². The molecule has 2 aromatic carbocycles. The van der Waals surface area contributed by atoms with Crippen LogP contribution in [0.15, 0.2) is 62.8 Å². The molecule has 0 unspecified atom stereocenters. The first-order chi connectivity index (χ1) is 14.4. The smallest absolute Gasteiger partial charge is 0.332 e. The lowest BCUT2D eigenvalue weighted by Gasteiger charge is -2.09. The zero-order valence-corrected chi connectivity index (χ0v) is 16.2. The van der Waals surface area contributed by atoms with E-state index in [-0.39, 0.29) is 11.2 Å². The molecule has 1 amide bonds. The monoisotopic (exact) mass is 403 g/mol. The first kappa shape index (κ1) is 17.9. The number of rotatable bonds is 3. The second kappa shape index (κ2) is 6.45. The van der Waals surface area contributed by atoms with Gasteiger partial charge in [-0.05, 0) is 24.3 Å². The maximum absolute atomic E-state index is 12.8. The van der Waals surface area contributed by atoms with Crippen LogP contribution in [0.2, 0.25) is 0 Å². The molecule has 30 heavy (non-hydrogen) atoms. The van der Waals surface area contributed by atoms with E-state index in [1.807, 2.05) is 30.3 Å². The van der Waals surface area contributed by atoms with Gasteiger partial charge in [-0.2, -0.15) is 0 Å². The first-order valence-electron chi connectivity index (χ1n) is 9.26. The Kier molecular flexibility index (Phi) is 3.85. The lowest BCUT2D eigenvalue weighted by Crippen LogP contribution is -2.42. The summed E-state index contributed by atoms with van der Waals surface area (Å²) < 4.78 is 9.48. The number of benzene rings is 2.